The smallest absolute Gasteiger partial charge is 0.251 e. The molecule has 25 heavy (non-hydrogen) atoms. The molecule has 0 aliphatic heterocycles. The maximum absolute atomic E-state index is 12.1. The van der Waals surface area contributed by atoms with Crippen molar-refractivity contribution in [3.63, 3.8) is 0 Å². The maximum atomic E-state index is 12.1. The van der Waals surface area contributed by atoms with Crippen molar-refractivity contribution in [3.05, 3.63) is 76.7 Å². The molecule has 2 aromatic carbocycles. The molecule has 0 saturated heterocycles. The van der Waals surface area contributed by atoms with Crippen molar-refractivity contribution in [2.24, 2.45) is 0 Å². The maximum Gasteiger partial charge on any atom is 0.251 e. The minimum Gasteiger partial charge on any atom is -0.492 e. The Hall–Kier alpha value is -2.86. The monoisotopic (exact) mass is 354 g/mol. The average molecular weight is 354 g/mol. The van der Waals surface area contributed by atoms with Crippen LogP contribution in [0, 0.1) is 0 Å². The molecule has 0 aliphatic rings. The van der Waals surface area contributed by atoms with Crippen molar-refractivity contribution in [3.8, 4) is 11.5 Å². The summed E-state index contributed by atoms with van der Waals surface area (Å²) in [6.07, 6.45) is 0. The second-order valence-corrected chi connectivity index (χ2v) is 5.93. The lowest BCUT2D eigenvalue weighted by molar-refractivity contribution is 0.0947. The fourth-order valence-electron chi connectivity index (χ4n) is 2.12. The number of carbonyl (C=O) groups is 1. The molecule has 1 N–H and O–H groups in total. The van der Waals surface area contributed by atoms with Crippen LogP contribution in [0.1, 0.15) is 16.1 Å². The molecule has 3 aromatic rings. The minimum atomic E-state index is -0.136. The Morgan fingerprint density at radius 1 is 1.00 bits per heavy atom. The van der Waals surface area contributed by atoms with Gasteiger partial charge in [0.2, 0.25) is 0 Å². The molecule has 0 atom stereocenters. The van der Waals surface area contributed by atoms with Crippen molar-refractivity contribution in [2.45, 2.75) is 6.61 Å². The molecule has 0 aliphatic carbocycles. The number of hydrogen-bond acceptors (Lipinski definition) is 5. The fourth-order valence-corrected chi connectivity index (χ4v) is 2.66. The zero-order valence-electron chi connectivity index (χ0n) is 13.6. The number of ether oxygens (including phenoxy) is 2. The van der Waals surface area contributed by atoms with Crippen LogP contribution in [-0.4, -0.2) is 24.0 Å². The Labute approximate surface area is 150 Å². The van der Waals surface area contributed by atoms with Gasteiger partial charge in [-0.25, -0.2) is 4.98 Å². The van der Waals surface area contributed by atoms with E-state index in [9.17, 15) is 4.79 Å². The van der Waals surface area contributed by atoms with Crippen LogP contribution in [0.2, 0.25) is 0 Å². The molecule has 3 rings (SSSR count). The van der Waals surface area contributed by atoms with E-state index in [4.69, 9.17) is 9.47 Å². The molecule has 1 heterocycles. The van der Waals surface area contributed by atoms with Gasteiger partial charge in [0.1, 0.15) is 24.7 Å². The first kappa shape index (κ1) is 17.0. The van der Waals surface area contributed by atoms with Crippen molar-refractivity contribution >= 4 is 17.2 Å². The lowest BCUT2D eigenvalue weighted by atomic mass is 10.2. The minimum absolute atomic E-state index is 0.136. The van der Waals surface area contributed by atoms with E-state index in [0.717, 1.165) is 11.4 Å². The molecule has 0 fully saturated rings. The standard InChI is InChI=1S/C19H18N2O3S/c22-19(20-10-11-23-17-4-2-1-3-5-17)15-6-8-18(9-7-15)24-12-16-13-25-14-21-16/h1-9,13-14H,10-12H2,(H,20,22). The van der Waals surface area contributed by atoms with Crippen LogP contribution in [0.5, 0.6) is 11.5 Å². The highest BCUT2D eigenvalue weighted by molar-refractivity contribution is 7.07. The van der Waals surface area contributed by atoms with Crippen LogP contribution in [0.3, 0.4) is 0 Å². The third-order valence-electron chi connectivity index (χ3n) is 3.39. The van der Waals surface area contributed by atoms with E-state index >= 15 is 0 Å². The SMILES string of the molecule is O=C(NCCOc1ccccc1)c1ccc(OCc2cscn2)cc1. The highest BCUT2D eigenvalue weighted by Gasteiger charge is 2.05. The second kappa shape index (κ2) is 8.84. The normalized spacial score (nSPS) is 10.2. The number of hydrogen-bond donors (Lipinski definition) is 1. The molecule has 1 amide bonds. The van der Waals surface area contributed by atoms with Crippen molar-refractivity contribution < 1.29 is 14.3 Å². The van der Waals surface area contributed by atoms with E-state index in [1.807, 2.05) is 35.7 Å². The molecule has 0 spiro atoms. The van der Waals surface area contributed by atoms with Crippen molar-refractivity contribution in [2.75, 3.05) is 13.2 Å². The largest absolute Gasteiger partial charge is 0.492 e. The van der Waals surface area contributed by atoms with E-state index in [0.29, 0.717) is 31.1 Å². The molecule has 0 unspecified atom stereocenters. The third kappa shape index (κ3) is 5.32. The zero-order chi connectivity index (χ0) is 17.3. The summed E-state index contributed by atoms with van der Waals surface area (Å²) in [4.78, 5) is 16.3. The van der Waals surface area contributed by atoms with E-state index in [1.54, 1.807) is 29.8 Å². The lowest BCUT2D eigenvalue weighted by Gasteiger charge is -2.08. The predicted molar refractivity (Wildman–Crippen MR) is 97.2 cm³/mol. The van der Waals surface area contributed by atoms with Gasteiger partial charge in [0.25, 0.3) is 5.91 Å². The van der Waals surface area contributed by atoms with Gasteiger partial charge in [0, 0.05) is 10.9 Å². The van der Waals surface area contributed by atoms with E-state index in [2.05, 4.69) is 10.3 Å². The van der Waals surface area contributed by atoms with E-state index < -0.39 is 0 Å². The number of para-hydroxylation sites is 1. The lowest BCUT2D eigenvalue weighted by Crippen LogP contribution is -2.28. The summed E-state index contributed by atoms with van der Waals surface area (Å²) in [7, 11) is 0. The molecule has 128 valence electrons. The molecule has 0 radical (unpaired) electrons. The van der Waals surface area contributed by atoms with Crippen LogP contribution in [-0.2, 0) is 6.61 Å². The highest BCUT2D eigenvalue weighted by Crippen LogP contribution is 2.14. The van der Waals surface area contributed by atoms with E-state index in [1.165, 1.54) is 11.3 Å². The molecular formula is C19H18N2O3S. The fraction of sp³-hybridized carbons (Fsp3) is 0.158. The summed E-state index contributed by atoms with van der Waals surface area (Å²) in [5.41, 5.74) is 3.25. The van der Waals surface area contributed by atoms with Crippen LogP contribution in [0.15, 0.2) is 65.5 Å². The van der Waals surface area contributed by atoms with Gasteiger partial charge < -0.3 is 14.8 Å². The van der Waals surface area contributed by atoms with Gasteiger partial charge in [-0.2, -0.15) is 0 Å². The summed E-state index contributed by atoms with van der Waals surface area (Å²) in [6, 6.07) is 16.5. The first-order chi connectivity index (χ1) is 12.3. The number of benzene rings is 2. The number of thiazole rings is 1. The van der Waals surface area contributed by atoms with Gasteiger partial charge in [-0.05, 0) is 36.4 Å². The first-order valence-electron chi connectivity index (χ1n) is 7.87. The topological polar surface area (TPSA) is 60.5 Å². The number of nitrogens with zero attached hydrogens (tertiary/aromatic N) is 1. The quantitative estimate of drug-likeness (QED) is 0.629. The molecule has 0 bridgehead atoms. The Balaban J connectivity index is 1.41. The predicted octanol–water partition coefficient (Wildman–Crippen LogP) is 3.53. The Morgan fingerprint density at radius 2 is 1.76 bits per heavy atom. The van der Waals surface area contributed by atoms with Gasteiger partial charge in [-0.15, -0.1) is 11.3 Å². The molecule has 5 nitrogen and oxygen atoms in total. The summed E-state index contributed by atoms with van der Waals surface area (Å²) in [5.74, 6) is 1.36. The molecule has 0 saturated carbocycles. The summed E-state index contributed by atoms with van der Waals surface area (Å²) in [6.45, 7) is 1.28. The number of nitrogens with one attached hydrogen (secondary N) is 1. The van der Waals surface area contributed by atoms with Crippen molar-refractivity contribution in [1.82, 2.24) is 10.3 Å². The van der Waals surface area contributed by atoms with E-state index in [-0.39, 0.29) is 5.91 Å². The number of aromatic nitrogens is 1. The zero-order valence-corrected chi connectivity index (χ0v) is 14.4. The van der Waals surface area contributed by atoms with Gasteiger partial charge in [-0.1, -0.05) is 18.2 Å². The number of rotatable bonds is 8. The summed E-state index contributed by atoms with van der Waals surface area (Å²) in [5, 5.41) is 4.77. The number of amides is 1. The molecule has 6 heteroatoms. The van der Waals surface area contributed by atoms with Crippen molar-refractivity contribution in [1.29, 1.82) is 0 Å². The Morgan fingerprint density at radius 3 is 2.48 bits per heavy atom. The Kier molecular flexibility index (Phi) is 6.01. The molecule has 1 aromatic heterocycles. The number of carbonyl (C=O) groups excluding carboxylic acids is 1. The molecular weight excluding hydrogens is 336 g/mol. The van der Waals surface area contributed by atoms with Gasteiger partial charge >= 0.3 is 0 Å². The van der Waals surface area contributed by atoms with Crippen LogP contribution >= 0.6 is 11.3 Å². The van der Waals surface area contributed by atoms with Gasteiger partial charge in [0.15, 0.2) is 0 Å². The highest BCUT2D eigenvalue weighted by atomic mass is 32.1. The second-order valence-electron chi connectivity index (χ2n) is 5.21. The van der Waals surface area contributed by atoms with Crippen LogP contribution in [0.4, 0.5) is 0 Å². The van der Waals surface area contributed by atoms with Crippen LogP contribution < -0.4 is 14.8 Å². The Bertz CT molecular complexity index is 774. The third-order valence-corrected chi connectivity index (χ3v) is 4.02. The summed E-state index contributed by atoms with van der Waals surface area (Å²) < 4.78 is 11.2. The first-order valence-corrected chi connectivity index (χ1v) is 8.81. The average Bonchev–Trinajstić information content (AvgIpc) is 3.18. The van der Waals surface area contributed by atoms with Gasteiger partial charge in [0.05, 0.1) is 17.7 Å². The van der Waals surface area contributed by atoms with Gasteiger partial charge in [-0.3, -0.25) is 4.79 Å². The van der Waals surface area contributed by atoms with Crippen LogP contribution in [0.25, 0.3) is 0 Å². The summed E-state index contributed by atoms with van der Waals surface area (Å²) >= 11 is 1.53.